The zero-order valence-electron chi connectivity index (χ0n) is 15.6. The molecule has 156 valence electrons. The van der Waals surface area contributed by atoms with Crippen molar-refractivity contribution in [3.8, 4) is 5.75 Å². The summed E-state index contributed by atoms with van der Waals surface area (Å²) >= 11 is 13.1. The van der Waals surface area contributed by atoms with Crippen molar-refractivity contribution in [1.82, 2.24) is 4.90 Å². The van der Waals surface area contributed by atoms with Gasteiger partial charge in [-0.25, -0.2) is 4.79 Å². The number of carbonyl (C=O) groups excluding carboxylic acids is 2. The molecule has 0 spiro atoms. The first-order valence-corrected chi connectivity index (χ1v) is 10.6. The lowest BCUT2D eigenvalue weighted by Gasteiger charge is -2.12. The third-order valence-corrected chi connectivity index (χ3v) is 5.69. The number of hydrogen-bond donors (Lipinski definition) is 1. The predicted octanol–water partition coefficient (Wildman–Crippen LogP) is 5.13. The summed E-state index contributed by atoms with van der Waals surface area (Å²) in [7, 11) is 0. The summed E-state index contributed by atoms with van der Waals surface area (Å²) in [5.41, 5.74) is 1.65. The van der Waals surface area contributed by atoms with Crippen LogP contribution in [-0.4, -0.2) is 40.3 Å². The standard InChI is InChI=1S/C21H17Cl2NO5S/c22-15-9-14(10-16(23)19(15)29-12-18(25)26)11-17-20(27)24(21(28)30-17)8-4-7-13-5-2-1-3-6-13/h1-3,5-6,9-11H,4,7-8,12H2,(H,25,26)/b17-11+. The molecule has 2 aromatic carbocycles. The van der Waals surface area contributed by atoms with Crippen LogP contribution in [0, 0.1) is 0 Å². The van der Waals surface area contributed by atoms with Gasteiger partial charge in [-0.2, -0.15) is 0 Å². The zero-order valence-corrected chi connectivity index (χ0v) is 18.0. The van der Waals surface area contributed by atoms with Crippen LogP contribution in [0.2, 0.25) is 10.0 Å². The molecule has 1 aliphatic heterocycles. The second-order valence-corrected chi connectivity index (χ2v) is 8.23. The highest BCUT2D eigenvalue weighted by Crippen LogP contribution is 2.37. The topological polar surface area (TPSA) is 83.9 Å². The Hall–Kier alpha value is -2.48. The van der Waals surface area contributed by atoms with E-state index in [-0.39, 0.29) is 31.8 Å². The van der Waals surface area contributed by atoms with Gasteiger partial charge in [-0.05, 0) is 53.9 Å². The van der Waals surface area contributed by atoms with Crippen molar-refractivity contribution in [2.75, 3.05) is 13.2 Å². The van der Waals surface area contributed by atoms with Crippen LogP contribution in [0.25, 0.3) is 6.08 Å². The molecule has 30 heavy (non-hydrogen) atoms. The third kappa shape index (κ3) is 5.56. The summed E-state index contributed by atoms with van der Waals surface area (Å²) in [6.45, 7) is -0.249. The highest BCUT2D eigenvalue weighted by atomic mass is 35.5. The van der Waals surface area contributed by atoms with E-state index in [9.17, 15) is 14.4 Å². The monoisotopic (exact) mass is 465 g/mol. The number of ether oxygens (including phenoxy) is 1. The fourth-order valence-electron chi connectivity index (χ4n) is 2.86. The van der Waals surface area contributed by atoms with Crippen LogP contribution in [0.5, 0.6) is 5.75 Å². The fraction of sp³-hybridized carbons (Fsp3) is 0.190. The molecule has 9 heteroatoms. The molecular weight excluding hydrogens is 449 g/mol. The van der Waals surface area contributed by atoms with Crippen LogP contribution in [0.15, 0.2) is 47.4 Å². The summed E-state index contributed by atoms with van der Waals surface area (Å²) in [5, 5.41) is 8.60. The number of carboxylic acid groups (broad SMARTS) is 1. The first kappa shape index (κ1) is 22.2. The molecule has 1 saturated heterocycles. The van der Waals surface area contributed by atoms with Crippen LogP contribution >= 0.6 is 35.0 Å². The summed E-state index contributed by atoms with van der Waals surface area (Å²) < 4.78 is 5.07. The number of amides is 2. The predicted molar refractivity (Wildman–Crippen MR) is 117 cm³/mol. The van der Waals surface area contributed by atoms with Gasteiger partial charge in [0, 0.05) is 6.54 Å². The Morgan fingerprint density at radius 3 is 2.43 bits per heavy atom. The van der Waals surface area contributed by atoms with Crippen LogP contribution in [0.1, 0.15) is 17.5 Å². The third-order valence-electron chi connectivity index (χ3n) is 4.22. The van der Waals surface area contributed by atoms with Crippen LogP contribution in [-0.2, 0) is 16.0 Å². The Labute approximate surface area is 187 Å². The number of thioether (sulfide) groups is 1. The maximum Gasteiger partial charge on any atom is 0.341 e. The van der Waals surface area contributed by atoms with Crippen LogP contribution < -0.4 is 4.74 Å². The van der Waals surface area contributed by atoms with Crippen LogP contribution in [0.4, 0.5) is 4.79 Å². The molecule has 0 aromatic heterocycles. The lowest BCUT2D eigenvalue weighted by atomic mass is 10.1. The van der Waals surface area contributed by atoms with E-state index in [4.69, 9.17) is 33.0 Å². The molecule has 1 heterocycles. The molecule has 2 amide bonds. The number of benzene rings is 2. The molecule has 0 unspecified atom stereocenters. The number of carbonyl (C=O) groups is 3. The normalized spacial score (nSPS) is 15.1. The largest absolute Gasteiger partial charge is 0.479 e. The van der Waals surface area contributed by atoms with Gasteiger partial charge in [-0.1, -0.05) is 53.5 Å². The van der Waals surface area contributed by atoms with Gasteiger partial charge in [-0.3, -0.25) is 14.5 Å². The zero-order chi connectivity index (χ0) is 21.7. The summed E-state index contributed by atoms with van der Waals surface area (Å²) in [5.74, 6) is -1.48. The molecule has 2 aromatic rings. The molecule has 0 atom stereocenters. The van der Waals surface area contributed by atoms with E-state index in [0.717, 1.165) is 23.7 Å². The Bertz CT molecular complexity index is 987. The van der Waals surface area contributed by atoms with Crippen molar-refractivity contribution >= 4 is 58.2 Å². The van der Waals surface area contributed by atoms with Gasteiger partial charge >= 0.3 is 5.97 Å². The number of hydrogen-bond acceptors (Lipinski definition) is 5. The molecule has 3 rings (SSSR count). The lowest BCUT2D eigenvalue weighted by molar-refractivity contribution is -0.139. The second kappa shape index (κ2) is 10.0. The van der Waals surface area contributed by atoms with Gasteiger partial charge in [0.1, 0.15) is 0 Å². The van der Waals surface area contributed by atoms with Gasteiger partial charge in [0.2, 0.25) is 0 Å². The van der Waals surface area contributed by atoms with Crippen molar-refractivity contribution in [2.24, 2.45) is 0 Å². The first-order valence-electron chi connectivity index (χ1n) is 8.98. The first-order chi connectivity index (χ1) is 14.3. The van der Waals surface area contributed by atoms with Gasteiger partial charge in [0.05, 0.1) is 15.0 Å². The molecule has 1 aliphatic rings. The molecule has 0 aliphatic carbocycles. The maximum atomic E-state index is 12.6. The van der Waals surface area contributed by atoms with E-state index in [1.54, 1.807) is 0 Å². The molecule has 0 bridgehead atoms. The summed E-state index contributed by atoms with van der Waals surface area (Å²) in [4.78, 5) is 37.0. The van der Waals surface area contributed by atoms with E-state index in [2.05, 4.69) is 0 Å². The summed E-state index contributed by atoms with van der Waals surface area (Å²) in [6, 6.07) is 12.8. The number of imide groups is 1. The van der Waals surface area contributed by atoms with Crippen molar-refractivity contribution in [3.63, 3.8) is 0 Å². The highest BCUT2D eigenvalue weighted by Gasteiger charge is 2.34. The van der Waals surface area contributed by atoms with Crippen molar-refractivity contribution in [3.05, 3.63) is 68.5 Å². The fourth-order valence-corrected chi connectivity index (χ4v) is 4.34. The quantitative estimate of drug-likeness (QED) is 0.544. The molecule has 1 N–H and O–H groups in total. The van der Waals surface area contributed by atoms with Gasteiger partial charge in [0.15, 0.2) is 12.4 Å². The number of aliphatic carboxylic acids is 1. The molecular formula is C21H17Cl2NO5S. The number of halogens is 2. The van der Waals surface area contributed by atoms with E-state index < -0.39 is 12.6 Å². The minimum Gasteiger partial charge on any atom is -0.479 e. The number of nitrogens with zero attached hydrogens (tertiary/aromatic N) is 1. The molecule has 0 saturated carbocycles. The Balaban J connectivity index is 1.68. The Morgan fingerprint density at radius 2 is 1.80 bits per heavy atom. The lowest BCUT2D eigenvalue weighted by Crippen LogP contribution is -2.29. The van der Waals surface area contributed by atoms with E-state index in [1.165, 1.54) is 23.1 Å². The Morgan fingerprint density at radius 1 is 1.13 bits per heavy atom. The van der Waals surface area contributed by atoms with Crippen molar-refractivity contribution in [1.29, 1.82) is 0 Å². The molecule has 1 fully saturated rings. The number of rotatable bonds is 8. The molecule has 0 radical (unpaired) electrons. The number of aryl methyl sites for hydroxylation is 1. The van der Waals surface area contributed by atoms with E-state index in [1.807, 2.05) is 30.3 Å². The van der Waals surface area contributed by atoms with E-state index >= 15 is 0 Å². The second-order valence-electron chi connectivity index (χ2n) is 6.42. The minimum atomic E-state index is -1.16. The highest BCUT2D eigenvalue weighted by molar-refractivity contribution is 8.18. The number of carboxylic acids is 1. The smallest absolute Gasteiger partial charge is 0.341 e. The summed E-state index contributed by atoms with van der Waals surface area (Å²) in [6.07, 6.45) is 2.97. The minimum absolute atomic E-state index is 0.0481. The van der Waals surface area contributed by atoms with Gasteiger partial charge in [-0.15, -0.1) is 0 Å². The SMILES string of the molecule is O=C(O)COc1c(Cl)cc(/C=C2/SC(=O)N(CCCc3ccccc3)C2=O)cc1Cl. The van der Waals surface area contributed by atoms with E-state index in [0.29, 0.717) is 18.5 Å². The van der Waals surface area contributed by atoms with Gasteiger partial charge in [0.25, 0.3) is 11.1 Å². The average Bonchev–Trinajstić information content (AvgIpc) is 2.95. The van der Waals surface area contributed by atoms with Gasteiger partial charge < -0.3 is 9.84 Å². The average molecular weight is 466 g/mol. The van der Waals surface area contributed by atoms with Crippen molar-refractivity contribution in [2.45, 2.75) is 12.8 Å². The van der Waals surface area contributed by atoms with Crippen LogP contribution in [0.3, 0.4) is 0 Å². The maximum absolute atomic E-state index is 12.6. The van der Waals surface area contributed by atoms with Crippen molar-refractivity contribution < 1.29 is 24.2 Å². The Kier molecular flexibility index (Phi) is 7.42. The molecule has 6 nitrogen and oxygen atoms in total.